The molecule has 0 saturated carbocycles. The molecule has 0 N–H and O–H groups in total. The minimum Gasteiger partial charge on any atom is -0.190 e. The highest BCUT2D eigenvalue weighted by Gasteiger charge is 2.07. The van der Waals surface area contributed by atoms with E-state index in [0.717, 1.165) is 15.5 Å². The molecule has 0 unspecified atom stereocenters. The summed E-state index contributed by atoms with van der Waals surface area (Å²) in [6.45, 7) is 4.22. The topological polar surface area (TPSA) is 43.1 Å². The summed E-state index contributed by atoms with van der Waals surface area (Å²) in [6.07, 6.45) is 1.62. The van der Waals surface area contributed by atoms with Gasteiger partial charge in [-0.3, -0.25) is 0 Å². The molecule has 3 rings (SSSR count). The summed E-state index contributed by atoms with van der Waals surface area (Å²) in [4.78, 5) is 0.827. The van der Waals surface area contributed by atoms with Gasteiger partial charge in [0, 0.05) is 5.56 Å². The predicted octanol–water partition coefficient (Wildman–Crippen LogP) is 2.47. The van der Waals surface area contributed by atoms with Crippen LogP contribution in [-0.4, -0.2) is 19.8 Å². The van der Waals surface area contributed by atoms with E-state index in [0.29, 0.717) is 0 Å². The summed E-state index contributed by atoms with van der Waals surface area (Å²) in [5.41, 5.74) is 3.72. The van der Waals surface area contributed by atoms with Crippen LogP contribution in [0.5, 0.6) is 0 Å². The van der Waals surface area contributed by atoms with Gasteiger partial charge < -0.3 is 0 Å². The van der Waals surface area contributed by atoms with Crippen molar-refractivity contribution in [3.63, 3.8) is 0 Å². The molecule has 0 fully saturated rings. The second-order valence-corrected chi connectivity index (χ2v) is 4.72. The Morgan fingerprint density at radius 3 is 2.81 bits per heavy atom. The van der Waals surface area contributed by atoms with Gasteiger partial charge in [0.1, 0.15) is 11.3 Å². The Kier molecular flexibility index (Phi) is 2.00. The smallest absolute Gasteiger partial charge is 0.190 e. The van der Waals surface area contributed by atoms with Crippen molar-refractivity contribution in [2.45, 2.75) is 13.8 Å². The number of aromatic nitrogens is 4. The van der Waals surface area contributed by atoms with Crippen molar-refractivity contribution in [1.82, 2.24) is 19.8 Å². The molecule has 0 radical (unpaired) electrons. The third-order valence-electron chi connectivity index (χ3n) is 2.64. The van der Waals surface area contributed by atoms with Crippen LogP contribution in [0.1, 0.15) is 11.1 Å². The van der Waals surface area contributed by atoms with Crippen LogP contribution >= 0.6 is 11.3 Å². The molecule has 5 heteroatoms. The van der Waals surface area contributed by atoms with E-state index in [-0.39, 0.29) is 0 Å². The van der Waals surface area contributed by atoms with Gasteiger partial charge in [0.15, 0.2) is 0 Å². The summed E-state index contributed by atoms with van der Waals surface area (Å²) < 4.78 is 1.70. The average Bonchev–Trinajstić information content (AvgIpc) is 2.81. The Balaban J connectivity index is 2.15. The van der Waals surface area contributed by atoms with Gasteiger partial charge in [-0.15, -0.1) is 10.2 Å². The maximum absolute atomic E-state index is 4.42. The van der Waals surface area contributed by atoms with Gasteiger partial charge >= 0.3 is 0 Å². The Labute approximate surface area is 96.6 Å². The quantitative estimate of drug-likeness (QED) is 0.645. The van der Waals surface area contributed by atoms with Crippen molar-refractivity contribution >= 4 is 16.3 Å². The third kappa shape index (κ3) is 1.40. The molecular weight excluding hydrogens is 220 g/mol. The Morgan fingerprint density at radius 1 is 1.19 bits per heavy atom. The van der Waals surface area contributed by atoms with Crippen molar-refractivity contribution in [2.75, 3.05) is 0 Å². The Hall–Kier alpha value is -1.75. The second-order valence-electron chi connectivity index (χ2n) is 3.76. The number of nitrogens with zero attached hydrogens (tertiary/aromatic N) is 4. The summed E-state index contributed by atoms with van der Waals surface area (Å²) >= 11 is 1.55. The van der Waals surface area contributed by atoms with Gasteiger partial charge in [-0.1, -0.05) is 23.5 Å². The molecule has 0 aliphatic heterocycles. The molecule has 80 valence electrons. The highest BCUT2D eigenvalue weighted by atomic mass is 32.1. The fraction of sp³-hybridized carbons (Fsp3) is 0.182. The van der Waals surface area contributed by atoms with E-state index >= 15 is 0 Å². The van der Waals surface area contributed by atoms with Crippen LogP contribution in [0.2, 0.25) is 0 Å². The van der Waals surface area contributed by atoms with Crippen molar-refractivity contribution < 1.29 is 0 Å². The minimum atomic E-state index is 0.827. The minimum absolute atomic E-state index is 0.827. The molecule has 0 spiro atoms. The molecule has 0 bridgehead atoms. The summed E-state index contributed by atoms with van der Waals surface area (Å²) in [5.74, 6) is 0. The standard InChI is InChI=1S/C11H10N4S/c1-7-3-4-9(5-8(7)2)10-14-15-6-12-13-11(15)16-10/h3-6H,1-2H3. The van der Waals surface area contributed by atoms with Crippen LogP contribution in [0.4, 0.5) is 0 Å². The van der Waals surface area contributed by atoms with Gasteiger partial charge in [-0.05, 0) is 31.0 Å². The molecule has 0 saturated heterocycles. The van der Waals surface area contributed by atoms with Gasteiger partial charge in [0.25, 0.3) is 0 Å². The van der Waals surface area contributed by atoms with Gasteiger partial charge in [-0.25, -0.2) is 0 Å². The molecular formula is C11H10N4S. The monoisotopic (exact) mass is 230 g/mol. The van der Waals surface area contributed by atoms with E-state index in [9.17, 15) is 0 Å². The molecule has 3 aromatic rings. The molecule has 0 amide bonds. The number of hydrogen-bond acceptors (Lipinski definition) is 4. The number of hydrogen-bond donors (Lipinski definition) is 0. The molecule has 4 nitrogen and oxygen atoms in total. The molecule has 0 atom stereocenters. The first-order chi connectivity index (χ1) is 7.74. The first-order valence-corrected chi connectivity index (χ1v) is 5.80. The highest BCUT2D eigenvalue weighted by molar-refractivity contribution is 7.19. The van der Waals surface area contributed by atoms with E-state index in [4.69, 9.17) is 0 Å². The molecule has 0 aliphatic carbocycles. The van der Waals surface area contributed by atoms with Gasteiger partial charge in [0.2, 0.25) is 4.96 Å². The number of benzene rings is 1. The molecule has 2 aromatic heterocycles. The predicted molar refractivity (Wildman–Crippen MR) is 63.6 cm³/mol. The lowest BCUT2D eigenvalue weighted by Crippen LogP contribution is -1.85. The lowest BCUT2D eigenvalue weighted by molar-refractivity contribution is 0.959. The van der Waals surface area contributed by atoms with Crippen molar-refractivity contribution in [3.8, 4) is 10.6 Å². The second kappa shape index (κ2) is 3.38. The zero-order valence-corrected chi connectivity index (χ0v) is 9.82. The zero-order chi connectivity index (χ0) is 11.1. The SMILES string of the molecule is Cc1ccc(-c2nn3cnnc3s2)cc1C. The van der Waals surface area contributed by atoms with Crippen molar-refractivity contribution in [3.05, 3.63) is 35.7 Å². The number of rotatable bonds is 1. The van der Waals surface area contributed by atoms with Gasteiger partial charge in [-0.2, -0.15) is 9.61 Å². The van der Waals surface area contributed by atoms with Crippen molar-refractivity contribution in [1.29, 1.82) is 0 Å². The maximum atomic E-state index is 4.42. The fourth-order valence-corrected chi connectivity index (χ4v) is 2.37. The third-order valence-corrected chi connectivity index (χ3v) is 3.60. The van der Waals surface area contributed by atoms with Crippen LogP contribution in [0.15, 0.2) is 24.5 Å². The summed E-state index contributed by atoms with van der Waals surface area (Å²) in [6, 6.07) is 6.36. The molecule has 2 heterocycles. The average molecular weight is 230 g/mol. The van der Waals surface area contributed by atoms with E-state index in [1.165, 1.54) is 11.1 Å². The number of fused-ring (bicyclic) bond motifs is 1. The van der Waals surface area contributed by atoms with E-state index in [1.807, 2.05) is 0 Å². The maximum Gasteiger partial charge on any atom is 0.234 e. The van der Waals surface area contributed by atoms with Crippen LogP contribution in [0.3, 0.4) is 0 Å². The Morgan fingerprint density at radius 2 is 2.06 bits per heavy atom. The lowest BCUT2D eigenvalue weighted by Gasteiger charge is -2.01. The normalized spacial score (nSPS) is 11.1. The molecule has 0 aliphatic rings. The van der Waals surface area contributed by atoms with E-state index < -0.39 is 0 Å². The number of aryl methyl sites for hydroxylation is 2. The van der Waals surface area contributed by atoms with Crippen LogP contribution in [0, 0.1) is 13.8 Å². The largest absolute Gasteiger partial charge is 0.234 e. The van der Waals surface area contributed by atoms with E-state index in [2.05, 4.69) is 47.3 Å². The van der Waals surface area contributed by atoms with Gasteiger partial charge in [0.05, 0.1) is 0 Å². The summed E-state index contributed by atoms with van der Waals surface area (Å²) in [5, 5.41) is 13.2. The Bertz CT molecular complexity index is 624. The summed E-state index contributed by atoms with van der Waals surface area (Å²) in [7, 11) is 0. The van der Waals surface area contributed by atoms with Crippen LogP contribution < -0.4 is 0 Å². The van der Waals surface area contributed by atoms with Crippen molar-refractivity contribution in [2.24, 2.45) is 0 Å². The van der Waals surface area contributed by atoms with Crippen LogP contribution in [-0.2, 0) is 0 Å². The molecule has 1 aromatic carbocycles. The van der Waals surface area contributed by atoms with Crippen LogP contribution in [0.25, 0.3) is 15.5 Å². The first-order valence-electron chi connectivity index (χ1n) is 4.98. The zero-order valence-electron chi connectivity index (χ0n) is 9.01. The highest BCUT2D eigenvalue weighted by Crippen LogP contribution is 2.26. The first kappa shape index (κ1) is 9.47. The van der Waals surface area contributed by atoms with E-state index in [1.54, 1.807) is 22.2 Å². The lowest BCUT2D eigenvalue weighted by atomic mass is 10.1. The fourth-order valence-electron chi connectivity index (χ4n) is 1.55. The molecule has 16 heavy (non-hydrogen) atoms.